The molecule has 166 valence electrons. The summed E-state index contributed by atoms with van der Waals surface area (Å²) in [5, 5.41) is 2.73. The van der Waals surface area contributed by atoms with Crippen molar-refractivity contribution in [1.82, 2.24) is 15.1 Å². The zero-order chi connectivity index (χ0) is 22.6. The van der Waals surface area contributed by atoms with Crippen molar-refractivity contribution < 1.29 is 27.2 Å². The lowest BCUT2D eigenvalue weighted by atomic mass is 10.1. The van der Waals surface area contributed by atoms with Gasteiger partial charge in [-0.15, -0.1) is 0 Å². The maximum absolute atomic E-state index is 13.5. The number of hydrogen-bond acceptors (Lipinski definition) is 3. The van der Waals surface area contributed by atoms with Crippen molar-refractivity contribution >= 4 is 11.8 Å². The molecular weight excluding hydrogens is 414 g/mol. The number of carbonyl (C=O) groups is 2. The second kappa shape index (κ2) is 9.47. The second-order valence-electron chi connectivity index (χ2n) is 7.56. The van der Waals surface area contributed by atoms with Gasteiger partial charge in [-0.1, -0.05) is 24.3 Å². The summed E-state index contributed by atoms with van der Waals surface area (Å²) in [7, 11) is 1.49. The first-order valence-corrected chi connectivity index (χ1v) is 9.80. The van der Waals surface area contributed by atoms with Crippen molar-refractivity contribution in [3.05, 3.63) is 71.0 Å². The van der Waals surface area contributed by atoms with E-state index in [9.17, 15) is 27.2 Å². The monoisotopic (exact) mass is 437 g/mol. The smallest absolute Gasteiger partial charge is 0.353 e. The van der Waals surface area contributed by atoms with Crippen LogP contribution in [0, 0.1) is 5.82 Å². The van der Waals surface area contributed by atoms with Gasteiger partial charge < -0.3 is 10.2 Å². The molecule has 3 rings (SSSR count). The predicted molar refractivity (Wildman–Crippen MR) is 106 cm³/mol. The molecule has 2 aromatic carbocycles. The van der Waals surface area contributed by atoms with Crippen LogP contribution in [0.5, 0.6) is 0 Å². The fourth-order valence-corrected chi connectivity index (χ4v) is 3.57. The molecule has 1 N–H and O–H groups in total. The first-order valence-electron chi connectivity index (χ1n) is 9.80. The summed E-state index contributed by atoms with van der Waals surface area (Å²) in [6.07, 6.45) is -4.59. The first kappa shape index (κ1) is 22.7. The summed E-state index contributed by atoms with van der Waals surface area (Å²) >= 11 is 0. The maximum Gasteiger partial charge on any atom is 0.416 e. The van der Waals surface area contributed by atoms with Gasteiger partial charge >= 0.3 is 6.18 Å². The molecule has 0 saturated carbocycles. The molecule has 0 radical (unpaired) electrons. The first-order chi connectivity index (χ1) is 14.6. The van der Waals surface area contributed by atoms with Gasteiger partial charge in [0.25, 0.3) is 0 Å². The molecule has 0 aliphatic carbocycles. The highest BCUT2D eigenvalue weighted by Crippen LogP contribution is 2.29. The Morgan fingerprint density at radius 1 is 1.16 bits per heavy atom. The summed E-state index contributed by atoms with van der Waals surface area (Å²) in [5.41, 5.74) is 0.249. The van der Waals surface area contributed by atoms with Crippen molar-refractivity contribution in [2.24, 2.45) is 0 Å². The SMILES string of the molecule is CN(Cc1cccc(C(F)(F)F)c1)C(=O)C[C@@H]1C(=O)NCCN1Cc1cccc(F)c1. The molecule has 1 heterocycles. The van der Waals surface area contributed by atoms with Gasteiger partial charge in [0.1, 0.15) is 5.82 Å². The van der Waals surface area contributed by atoms with Gasteiger partial charge in [0.15, 0.2) is 0 Å². The summed E-state index contributed by atoms with van der Waals surface area (Å²) in [6, 6.07) is 10.1. The summed E-state index contributed by atoms with van der Waals surface area (Å²) < 4.78 is 52.2. The van der Waals surface area contributed by atoms with Crippen LogP contribution >= 0.6 is 0 Å². The number of halogens is 4. The number of nitrogens with zero attached hydrogens (tertiary/aromatic N) is 2. The molecule has 0 bridgehead atoms. The molecule has 1 saturated heterocycles. The maximum atomic E-state index is 13.5. The van der Waals surface area contributed by atoms with E-state index in [1.165, 1.54) is 36.2 Å². The quantitative estimate of drug-likeness (QED) is 0.707. The van der Waals surface area contributed by atoms with Crippen LogP contribution in [-0.2, 0) is 28.9 Å². The summed E-state index contributed by atoms with van der Waals surface area (Å²) in [6.45, 7) is 1.21. The molecule has 1 atom stereocenters. The van der Waals surface area contributed by atoms with Crippen LogP contribution in [-0.4, -0.2) is 47.8 Å². The van der Waals surface area contributed by atoms with Gasteiger partial charge in [-0.2, -0.15) is 13.2 Å². The Bertz CT molecular complexity index is 948. The van der Waals surface area contributed by atoms with Gasteiger partial charge in [0.05, 0.1) is 18.0 Å². The molecule has 0 unspecified atom stereocenters. The molecule has 5 nitrogen and oxygen atoms in total. The molecule has 31 heavy (non-hydrogen) atoms. The van der Waals surface area contributed by atoms with Crippen LogP contribution in [0.25, 0.3) is 0 Å². The number of hydrogen-bond donors (Lipinski definition) is 1. The lowest BCUT2D eigenvalue weighted by Crippen LogP contribution is -2.56. The van der Waals surface area contributed by atoms with Gasteiger partial charge in [0.2, 0.25) is 11.8 Å². The van der Waals surface area contributed by atoms with Gasteiger partial charge in [-0.05, 0) is 35.4 Å². The van der Waals surface area contributed by atoms with E-state index >= 15 is 0 Å². The number of amides is 2. The van der Waals surface area contributed by atoms with E-state index in [4.69, 9.17) is 0 Å². The number of alkyl halides is 3. The van der Waals surface area contributed by atoms with E-state index in [0.717, 1.165) is 12.1 Å². The minimum atomic E-state index is -4.46. The Labute approximate surface area is 177 Å². The second-order valence-corrected chi connectivity index (χ2v) is 7.56. The third-order valence-electron chi connectivity index (χ3n) is 5.18. The standard InChI is InChI=1S/C22H23F4N3O2/c1-28(13-15-4-2-6-17(10-15)22(24,25)26)20(30)12-19-21(31)27-8-9-29(19)14-16-5-3-7-18(23)11-16/h2-7,10-11,19H,8-9,12-14H2,1H3,(H,27,31)/t19-/m1/s1. The third kappa shape index (κ3) is 6.04. The average molecular weight is 437 g/mol. The van der Waals surface area contributed by atoms with Crippen molar-refractivity contribution in [2.75, 3.05) is 20.1 Å². The average Bonchev–Trinajstić information content (AvgIpc) is 2.70. The van der Waals surface area contributed by atoms with Crippen LogP contribution in [0.15, 0.2) is 48.5 Å². The summed E-state index contributed by atoms with van der Waals surface area (Å²) in [4.78, 5) is 28.3. The molecule has 9 heteroatoms. The highest BCUT2D eigenvalue weighted by atomic mass is 19.4. The van der Waals surface area contributed by atoms with Crippen molar-refractivity contribution in [1.29, 1.82) is 0 Å². The zero-order valence-electron chi connectivity index (χ0n) is 17.0. The zero-order valence-corrected chi connectivity index (χ0v) is 17.0. The fourth-order valence-electron chi connectivity index (χ4n) is 3.57. The number of rotatable bonds is 6. The largest absolute Gasteiger partial charge is 0.416 e. The molecule has 1 aliphatic heterocycles. The summed E-state index contributed by atoms with van der Waals surface area (Å²) in [5.74, 6) is -1.06. The highest BCUT2D eigenvalue weighted by molar-refractivity contribution is 5.88. The van der Waals surface area contributed by atoms with Gasteiger partial charge in [-0.3, -0.25) is 14.5 Å². The van der Waals surface area contributed by atoms with Crippen LogP contribution in [0.3, 0.4) is 0 Å². The number of nitrogens with one attached hydrogen (secondary N) is 1. The van der Waals surface area contributed by atoms with Crippen LogP contribution in [0.1, 0.15) is 23.1 Å². The van der Waals surface area contributed by atoms with Gasteiger partial charge in [0, 0.05) is 33.2 Å². The Balaban J connectivity index is 1.67. The number of benzene rings is 2. The van der Waals surface area contributed by atoms with E-state index < -0.39 is 17.8 Å². The van der Waals surface area contributed by atoms with E-state index in [-0.39, 0.29) is 30.6 Å². The Kier molecular flexibility index (Phi) is 6.94. The number of piperazine rings is 1. The predicted octanol–water partition coefficient (Wildman–Crippen LogP) is 3.19. The minimum absolute atomic E-state index is 0.0129. The Morgan fingerprint density at radius 2 is 1.87 bits per heavy atom. The normalized spacial score (nSPS) is 17.3. The topological polar surface area (TPSA) is 52.7 Å². The minimum Gasteiger partial charge on any atom is -0.353 e. The third-order valence-corrected chi connectivity index (χ3v) is 5.18. The lowest BCUT2D eigenvalue weighted by Gasteiger charge is -2.35. The van der Waals surface area contributed by atoms with Crippen LogP contribution < -0.4 is 5.32 Å². The molecule has 2 amide bonds. The molecule has 0 spiro atoms. The van der Waals surface area contributed by atoms with Crippen molar-refractivity contribution in [3.8, 4) is 0 Å². The molecule has 1 aliphatic rings. The van der Waals surface area contributed by atoms with E-state index in [1.54, 1.807) is 12.1 Å². The molecule has 0 aromatic heterocycles. The highest BCUT2D eigenvalue weighted by Gasteiger charge is 2.33. The van der Waals surface area contributed by atoms with Crippen molar-refractivity contribution in [2.45, 2.75) is 31.7 Å². The van der Waals surface area contributed by atoms with E-state index in [1.807, 2.05) is 4.90 Å². The Hall–Kier alpha value is -2.94. The van der Waals surface area contributed by atoms with E-state index in [0.29, 0.717) is 30.8 Å². The molecule has 1 fully saturated rings. The van der Waals surface area contributed by atoms with Crippen LogP contribution in [0.2, 0.25) is 0 Å². The Morgan fingerprint density at radius 3 is 2.58 bits per heavy atom. The molecule has 2 aromatic rings. The van der Waals surface area contributed by atoms with Crippen molar-refractivity contribution in [3.63, 3.8) is 0 Å². The van der Waals surface area contributed by atoms with Gasteiger partial charge in [-0.25, -0.2) is 4.39 Å². The van der Waals surface area contributed by atoms with E-state index in [2.05, 4.69) is 5.32 Å². The fraction of sp³-hybridized carbons (Fsp3) is 0.364. The number of carbonyl (C=O) groups excluding carboxylic acids is 2. The molecular formula is C22H23F4N3O2. The lowest BCUT2D eigenvalue weighted by molar-refractivity contribution is -0.138. The van der Waals surface area contributed by atoms with Crippen LogP contribution in [0.4, 0.5) is 17.6 Å².